The highest BCUT2D eigenvalue weighted by Crippen LogP contribution is 2.30. The molecule has 10 nitrogen and oxygen atoms in total. The Labute approximate surface area is 212 Å². The third-order valence-electron chi connectivity index (χ3n) is 5.53. The molecule has 0 aliphatic carbocycles. The van der Waals surface area contributed by atoms with E-state index in [0.717, 1.165) is 5.56 Å². The molecule has 0 saturated heterocycles. The minimum Gasteiger partial charge on any atom is -0.424 e. The fourth-order valence-corrected chi connectivity index (χ4v) is 3.70. The Hall–Kier alpha value is -5.12. The van der Waals surface area contributed by atoms with Crippen LogP contribution in [-0.4, -0.2) is 40.7 Å². The van der Waals surface area contributed by atoms with E-state index in [-0.39, 0.29) is 28.4 Å². The van der Waals surface area contributed by atoms with Gasteiger partial charge in [-0.3, -0.25) is 19.7 Å². The molecule has 0 bridgehead atoms. The van der Waals surface area contributed by atoms with E-state index in [0.29, 0.717) is 17.1 Å². The van der Waals surface area contributed by atoms with Crippen molar-refractivity contribution in [3.8, 4) is 11.8 Å². The van der Waals surface area contributed by atoms with Crippen molar-refractivity contribution < 1.29 is 19.2 Å². The van der Waals surface area contributed by atoms with Gasteiger partial charge in [0.2, 0.25) is 0 Å². The number of carbonyl (C=O) groups is 2. The zero-order valence-electron chi connectivity index (χ0n) is 20.3. The van der Waals surface area contributed by atoms with Crippen LogP contribution in [0.3, 0.4) is 0 Å². The SMILES string of the molecule is Cc1cc(Oc2ncccn2)ccc1NC(=O)c1ccccc1C(=O)c1ccc(N(C)C)c([N+](=O)[O-])c1. The van der Waals surface area contributed by atoms with Crippen molar-refractivity contribution in [1.29, 1.82) is 0 Å². The summed E-state index contributed by atoms with van der Waals surface area (Å²) in [5.74, 6) is -0.492. The van der Waals surface area contributed by atoms with Gasteiger partial charge in [0.05, 0.1) is 10.5 Å². The number of ether oxygens (including phenoxy) is 1. The molecule has 1 heterocycles. The summed E-state index contributed by atoms with van der Waals surface area (Å²) in [6.07, 6.45) is 3.13. The molecular weight excluding hydrogens is 474 g/mol. The van der Waals surface area contributed by atoms with Gasteiger partial charge in [-0.25, -0.2) is 9.97 Å². The van der Waals surface area contributed by atoms with Crippen molar-refractivity contribution in [2.45, 2.75) is 6.92 Å². The molecule has 0 aliphatic heterocycles. The number of amides is 1. The number of hydrogen-bond acceptors (Lipinski definition) is 8. The van der Waals surface area contributed by atoms with E-state index in [2.05, 4.69) is 15.3 Å². The summed E-state index contributed by atoms with van der Waals surface area (Å²) in [5.41, 5.74) is 1.80. The lowest BCUT2D eigenvalue weighted by Gasteiger charge is -2.14. The fourth-order valence-electron chi connectivity index (χ4n) is 3.70. The predicted molar refractivity (Wildman–Crippen MR) is 139 cm³/mol. The van der Waals surface area contributed by atoms with Gasteiger partial charge in [-0.2, -0.15) is 0 Å². The van der Waals surface area contributed by atoms with E-state index in [4.69, 9.17) is 4.74 Å². The average molecular weight is 498 g/mol. The summed E-state index contributed by atoms with van der Waals surface area (Å²) in [4.78, 5) is 47.2. The number of nitro benzene ring substituents is 1. The molecule has 4 aromatic rings. The topological polar surface area (TPSA) is 128 Å². The van der Waals surface area contributed by atoms with Crippen molar-refractivity contribution in [2.24, 2.45) is 0 Å². The maximum absolute atomic E-state index is 13.3. The molecule has 1 aromatic heterocycles. The molecule has 10 heteroatoms. The van der Waals surface area contributed by atoms with Crippen molar-refractivity contribution in [3.05, 3.63) is 111 Å². The molecule has 0 radical (unpaired) electrons. The lowest BCUT2D eigenvalue weighted by atomic mass is 9.97. The van der Waals surface area contributed by atoms with E-state index >= 15 is 0 Å². The van der Waals surface area contributed by atoms with Gasteiger partial charge in [0.25, 0.3) is 11.6 Å². The van der Waals surface area contributed by atoms with Gasteiger partial charge >= 0.3 is 6.01 Å². The van der Waals surface area contributed by atoms with Gasteiger partial charge in [-0.05, 0) is 55.0 Å². The quantitative estimate of drug-likeness (QED) is 0.204. The third-order valence-corrected chi connectivity index (χ3v) is 5.53. The number of aryl methyl sites for hydroxylation is 1. The summed E-state index contributed by atoms with van der Waals surface area (Å²) >= 11 is 0. The standard InChI is InChI=1S/C27H23N5O5/c1-17-15-19(37-27-28-13-6-14-29-27)10-11-22(17)30-26(34)21-8-5-4-7-20(21)25(33)18-9-12-23(31(2)3)24(16-18)32(35)36/h4-16H,1-3H3,(H,30,34). The summed E-state index contributed by atoms with van der Waals surface area (Å²) in [5, 5.41) is 14.4. The first kappa shape index (κ1) is 25.0. The van der Waals surface area contributed by atoms with Crippen LogP contribution in [-0.2, 0) is 0 Å². The van der Waals surface area contributed by atoms with Crippen molar-refractivity contribution in [1.82, 2.24) is 9.97 Å². The molecule has 1 N–H and O–H groups in total. The number of anilines is 2. The Balaban J connectivity index is 1.58. The molecule has 0 saturated carbocycles. The summed E-state index contributed by atoms with van der Waals surface area (Å²) in [6.45, 7) is 1.80. The summed E-state index contributed by atoms with van der Waals surface area (Å²) < 4.78 is 5.62. The number of benzene rings is 3. The fraction of sp³-hybridized carbons (Fsp3) is 0.111. The second-order valence-corrected chi connectivity index (χ2v) is 8.29. The molecule has 4 rings (SSSR count). The number of nitrogens with one attached hydrogen (secondary N) is 1. The van der Waals surface area contributed by atoms with E-state index in [1.807, 2.05) is 0 Å². The van der Waals surface area contributed by atoms with Crippen molar-refractivity contribution in [2.75, 3.05) is 24.3 Å². The smallest absolute Gasteiger partial charge is 0.321 e. The van der Waals surface area contributed by atoms with Gasteiger partial charge in [-0.1, -0.05) is 18.2 Å². The maximum atomic E-state index is 13.3. The first-order valence-electron chi connectivity index (χ1n) is 11.2. The number of ketones is 1. The molecule has 0 atom stereocenters. The predicted octanol–water partition coefficient (Wildman–Crippen LogP) is 5.03. The maximum Gasteiger partial charge on any atom is 0.321 e. The molecule has 0 unspecified atom stereocenters. The van der Waals surface area contributed by atoms with Gasteiger partial charge in [0.1, 0.15) is 11.4 Å². The van der Waals surface area contributed by atoms with Crippen LogP contribution >= 0.6 is 0 Å². The number of aromatic nitrogens is 2. The highest BCUT2D eigenvalue weighted by atomic mass is 16.6. The first-order chi connectivity index (χ1) is 17.7. The Morgan fingerprint density at radius 1 is 0.946 bits per heavy atom. The van der Waals surface area contributed by atoms with E-state index in [1.54, 1.807) is 74.7 Å². The zero-order chi connectivity index (χ0) is 26.5. The van der Waals surface area contributed by atoms with Crippen LogP contribution in [0.4, 0.5) is 17.1 Å². The van der Waals surface area contributed by atoms with Crippen LogP contribution in [0.15, 0.2) is 79.1 Å². The van der Waals surface area contributed by atoms with Gasteiger partial charge in [0.15, 0.2) is 5.78 Å². The number of rotatable bonds is 8. The van der Waals surface area contributed by atoms with Gasteiger partial charge in [0, 0.05) is 49.4 Å². The highest BCUT2D eigenvalue weighted by molar-refractivity contribution is 6.18. The number of hydrogen-bond donors (Lipinski definition) is 1. The van der Waals surface area contributed by atoms with E-state index in [1.165, 1.54) is 30.3 Å². The molecule has 0 spiro atoms. The van der Waals surface area contributed by atoms with Crippen LogP contribution in [0.2, 0.25) is 0 Å². The minimum absolute atomic E-state index is 0.110. The van der Waals surface area contributed by atoms with E-state index < -0.39 is 16.6 Å². The van der Waals surface area contributed by atoms with Crippen LogP contribution < -0.4 is 15.0 Å². The van der Waals surface area contributed by atoms with Gasteiger partial charge < -0.3 is 15.0 Å². The first-order valence-corrected chi connectivity index (χ1v) is 11.2. The van der Waals surface area contributed by atoms with Gasteiger partial charge in [-0.15, -0.1) is 0 Å². The molecule has 1 amide bonds. The molecule has 0 fully saturated rings. The Kier molecular flexibility index (Phi) is 7.19. The number of nitro groups is 1. The zero-order valence-corrected chi connectivity index (χ0v) is 20.3. The Morgan fingerprint density at radius 2 is 1.65 bits per heavy atom. The monoisotopic (exact) mass is 497 g/mol. The highest BCUT2D eigenvalue weighted by Gasteiger charge is 2.23. The van der Waals surface area contributed by atoms with E-state index in [9.17, 15) is 19.7 Å². The van der Waals surface area contributed by atoms with Crippen LogP contribution in [0.5, 0.6) is 11.8 Å². The molecular formula is C27H23N5O5. The lowest BCUT2D eigenvalue weighted by Crippen LogP contribution is -2.18. The molecule has 37 heavy (non-hydrogen) atoms. The summed E-state index contributed by atoms with van der Waals surface area (Å²) in [7, 11) is 3.36. The van der Waals surface area contributed by atoms with Crippen LogP contribution in [0.1, 0.15) is 31.8 Å². The Bertz CT molecular complexity index is 1490. The summed E-state index contributed by atoms with van der Waals surface area (Å²) in [6, 6.07) is 17.5. The molecule has 186 valence electrons. The normalized spacial score (nSPS) is 10.5. The van der Waals surface area contributed by atoms with Crippen LogP contribution in [0, 0.1) is 17.0 Å². The molecule has 3 aromatic carbocycles. The van der Waals surface area contributed by atoms with Crippen molar-refractivity contribution in [3.63, 3.8) is 0 Å². The van der Waals surface area contributed by atoms with Crippen LogP contribution in [0.25, 0.3) is 0 Å². The molecule has 0 aliphatic rings. The number of carbonyl (C=O) groups excluding carboxylic acids is 2. The minimum atomic E-state index is -0.537. The second-order valence-electron chi connectivity index (χ2n) is 8.29. The third kappa shape index (κ3) is 5.59. The second kappa shape index (κ2) is 10.6. The Morgan fingerprint density at radius 3 is 2.30 bits per heavy atom. The largest absolute Gasteiger partial charge is 0.424 e. The lowest BCUT2D eigenvalue weighted by molar-refractivity contribution is -0.384. The number of nitrogens with zero attached hydrogens (tertiary/aromatic N) is 4. The van der Waals surface area contributed by atoms with Crippen molar-refractivity contribution >= 4 is 28.8 Å². The average Bonchev–Trinajstić information content (AvgIpc) is 2.90.